The molecule has 5 nitrogen and oxygen atoms in total. The second-order valence-electron chi connectivity index (χ2n) is 3.61. The fourth-order valence-electron chi connectivity index (χ4n) is 1.61. The van der Waals surface area contributed by atoms with Crippen molar-refractivity contribution < 1.29 is 14.4 Å². The molecule has 0 fully saturated rings. The van der Waals surface area contributed by atoms with E-state index in [9.17, 15) is 4.79 Å². The molecule has 0 radical (unpaired) electrons. The zero-order valence-corrected chi connectivity index (χ0v) is 9.65. The van der Waals surface area contributed by atoms with Crippen LogP contribution >= 0.6 is 0 Å². The Balaban J connectivity index is 2.53. The molecule has 2 N–H and O–H groups in total. The summed E-state index contributed by atoms with van der Waals surface area (Å²) < 4.78 is 5.06. The summed E-state index contributed by atoms with van der Waals surface area (Å²) in [7, 11) is 0. The van der Waals surface area contributed by atoms with E-state index in [4.69, 9.17) is 9.63 Å². The number of aliphatic carboxylic acids is 1. The first-order valence-electron chi connectivity index (χ1n) is 5.08. The molecule has 0 saturated heterocycles. The minimum atomic E-state index is -0.938. The number of nitrogens with one attached hydrogen (secondary N) is 1. The zero-order valence-electron chi connectivity index (χ0n) is 9.65. The van der Waals surface area contributed by atoms with E-state index in [1.165, 1.54) is 0 Å². The molecule has 1 unspecified atom stereocenters. The van der Waals surface area contributed by atoms with Crippen molar-refractivity contribution in [2.45, 2.75) is 26.8 Å². The van der Waals surface area contributed by atoms with Crippen LogP contribution in [-0.2, 0) is 4.79 Å². The van der Waals surface area contributed by atoms with E-state index >= 15 is 0 Å². The summed E-state index contributed by atoms with van der Waals surface area (Å²) in [5.41, 5.74) is 1.89. The number of hydrogen-bond acceptors (Lipinski definition) is 4. The van der Waals surface area contributed by atoms with Gasteiger partial charge in [-0.05, 0) is 20.8 Å². The van der Waals surface area contributed by atoms with Crippen LogP contribution in [0, 0.1) is 13.8 Å². The molecule has 0 saturated carbocycles. The van der Waals surface area contributed by atoms with Crippen LogP contribution in [0.1, 0.15) is 30.0 Å². The standard InChI is InChI=1S/C11H16N2O3/c1-7(12-6-4-5-10(14)15)11-8(2)13-16-9(11)3/h4-5,7,12H,6H2,1-3H3,(H,14,15)/b5-4+. The molecule has 88 valence electrons. The van der Waals surface area contributed by atoms with E-state index in [1.54, 1.807) is 6.08 Å². The number of carbonyl (C=O) groups is 1. The molecular weight excluding hydrogens is 208 g/mol. The van der Waals surface area contributed by atoms with Gasteiger partial charge in [0.25, 0.3) is 0 Å². The number of aryl methyl sites for hydroxylation is 2. The zero-order chi connectivity index (χ0) is 12.1. The summed E-state index contributed by atoms with van der Waals surface area (Å²) in [6.45, 7) is 6.23. The Labute approximate surface area is 94.1 Å². The van der Waals surface area contributed by atoms with Crippen LogP contribution in [-0.4, -0.2) is 22.8 Å². The van der Waals surface area contributed by atoms with Crippen molar-refractivity contribution in [2.24, 2.45) is 0 Å². The number of carboxylic acids is 1. The summed E-state index contributed by atoms with van der Waals surface area (Å²) in [5.74, 6) is -0.147. The Morgan fingerprint density at radius 1 is 1.62 bits per heavy atom. The van der Waals surface area contributed by atoms with Crippen LogP contribution in [0.15, 0.2) is 16.7 Å². The molecule has 1 rings (SSSR count). The summed E-state index contributed by atoms with van der Waals surface area (Å²) in [5, 5.41) is 15.4. The van der Waals surface area contributed by atoms with Crippen molar-refractivity contribution in [3.63, 3.8) is 0 Å². The minimum absolute atomic E-state index is 0.0877. The Kier molecular flexibility index (Phi) is 4.25. The van der Waals surface area contributed by atoms with E-state index in [1.807, 2.05) is 20.8 Å². The normalized spacial score (nSPS) is 13.2. The maximum absolute atomic E-state index is 10.2. The molecule has 1 aromatic heterocycles. The second-order valence-corrected chi connectivity index (χ2v) is 3.61. The quantitative estimate of drug-likeness (QED) is 0.743. The van der Waals surface area contributed by atoms with Gasteiger partial charge in [0.2, 0.25) is 0 Å². The molecule has 1 heterocycles. The SMILES string of the molecule is Cc1noc(C)c1C(C)NC/C=C/C(=O)O. The Bertz CT molecular complexity index is 376. The van der Waals surface area contributed by atoms with Crippen molar-refractivity contribution in [1.29, 1.82) is 0 Å². The lowest BCUT2D eigenvalue weighted by atomic mass is 10.1. The molecule has 0 aliphatic heterocycles. The lowest BCUT2D eigenvalue weighted by Crippen LogP contribution is -2.19. The molecule has 0 spiro atoms. The summed E-state index contributed by atoms with van der Waals surface area (Å²) in [6.07, 6.45) is 2.68. The van der Waals surface area contributed by atoms with Crippen molar-refractivity contribution in [2.75, 3.05) is 6.54 Å². The van der Waals surface area contributed by atoms with Gasteiger partial charge in [0.1, 0.15) is 5.76 Å². The second kappa shape index (κ2) is 5.46. The Morgan fingerprint density at radius 3 is 2.81 bits per heavy atom. The highest BCUT2D eigenvalue weighted by atomic mass is 16.5. The fraction of sp³-hybridized carbons (Fsp3) is 0.455. The van der Waals surface area contributed by atoms with Gasteiger partial charge in [-0.3, -0.25) is 0 Å². The van der Waals surface area contributed by atoms with Gasteiger partial charge in [-0.15, -0.1) is 0 Å². The van der Waals surface area contributed by atoms with Crippen LogP contribution in [0.2, 0.25) is 0 Å². The Morgan fingerprint density at radius 2 is 2.31 bits per heavy atom. The van der Waals surface area contributed by atoms with Gasteiger partial charge in [-0.2, -0.15) is 0 Å². The fourth-order valence-corrected chi connectivity index (χ4v) is 1.61. The first-order valence-corrected chi connectivity index (χ1v) is 5.08. The summed E-state index contributed by atoms with van der Waals surface area (Å²) in [6, 6.07) is 0.0877. The maximum Gasteiger partial charge on any atom is 0.328 e. The predicted octanol–water partition coefficient (Wildman–Crippen LogP) is 1.58. The number of nitrogens with zero attached hydrogens (tertiary/aromatic N) is 1. The smallest absolute Gasteiger partial charge is 0.328 e. The summed E-state index contributed by atoms with van der Waals surface area (Å²) in [4.78, 5) is 10.2. The third-order valence-corrected chi connectivity index (χ3v) is 2.32. The van der Waals surface area contributed by atoms with Gasteiger partial charge in [0.05, 0.1) is 5.69 Å². The monoisotopic (exact) mass is 224 g/mol. The van der Waals surface area contributed by atoms with E-state index in [0.717, 1.165) is 23.1 Å². The molecule has 0 amide bonds. The highest BCUT2D eigenvalue weighted by Crippen LogP contribution is 2.20. The molecule has 1 atom stereocenters. The third-order valence-electron chi connectivity index (χ3n) is 2.32. The lowest BCUT2D eigenvalue weighted by Gasteiger charge is -2.11. The molecule has 16 heavy (non-hydrogen) atoms. The molecule has 0 aromatic carbocycles. The van der Waals surface area contributed by atoms with Gasteiger partial charge in [-0.25, -0.2) is 4.79 Å². The number of carboxylic acid groups (broad SMARTS) is 1. The van der Waals surface area contributed by atoms with Crippen LogP contribution in [0.4, 0.5) is 0 Å². The lowest BCUT2D eigenvalue weighted by molar-refractivity contribution is -0.131. The van der Waals surface area contributed by atoms with E-state index < -0.39 is 5.97 Å². The van der Waals surface area contributed by atoms with Crippen molar-refractivity contribution in [3.05, 3.63) is 29.2 Å². The highest BCUT2D eigenvalue weighted by molar-refractivity contribution is 5.79. The van der Waals surface area contributed by atoms with Crippen molar-refractivity contribution in [1.82, 2.24) is 10.5 Å². The predicted molar refractivity (Wildman–Crippen MR) is 59.2 cm³/mol. The molecule has 0 bridgehead atoms. The van der Waals surface area contributed by atoms with E-state index in [0.29, 0.717) is 6.54 Å². The molecule has 5 heteroatoms. The van der Waals surface area contributed by atoms with Gasteiger partial charge >= 0.3 is 5.97 Å². The van der Waals surface area contributed by atoms with Crippen LogP contribution in [0.5, 0.6) is 0 Å². The molecule has 1 aromatic rings. The largest absolute Gasteiger partial charge is 0.478 e. The van der Waals surface area contributed by atoms with Crippen LogP contribution in [0.25, 0.3) is 0 Å². The van der Waals surface area contributed by atoms with Crippen LogP contribution < -0.4 is 5.32 Å². The van der Waals surface area contributed by atoms with Gasteiger partial charge in [0, 0.05) is 24.2 Å². The first-order chi connectivity index (χ1) is 7.52. The average Bonchev–Trinajstić information content (AvgIpc) is 2.53. The number of hydrogen-bond donors (Lipinski definition) is 2. The number of rotatable bonds is 5. The Hall–Kier alpha value is -1.62. The van der Waals surface area contributed by atoms with E-state index in [2.05, 4.69) is 10.5 Å². The molecular formula is C11H16N2O3. The van der Waals surface area contributed by atoms with Crippen molar-refractivity contribution >= 4 is 5.97 Å². The van der Waals surface area contributed by atoms with Gasteiger partial charge in [-0.1, -0.05) is 11.2 Å². The van der Waals surface area contributed by atoms with E-state index in [-0.39, 0.29) is 6.04 Å². The van der Waals surface area contributed by atoms with Crippen molar-refractivity contribution in [3.8, 4) is 0 Å². The van der Waals surface area contributed by atoms with Gasteiger partial charge in [0.15, 0.2) is 0 Å². The highest BCUT2D eigenvalue weighted by Gasteiger charge is 2.14. The van der Waals surface area contributed by atoms with Crippen LogP contribution in [0.3, 0.4) is 0 Å². The third kappa shape index (κ3) is 3.20. The summed E-state index contributed by atoms with van der Waals surface area (Å²) >= 11 is 0. The minimum Gasteiger partial charge on any atom is -0.478 e. The average molecular weight is 224 g/mol. The number of aromatic nitrogens is 1. The topological polar surface area (TPSA) is 75.4 Å². The molecule has 0 aliphatic rings. The maximum atomic E-state index is 10.2. The van der Waals surface area contributed by atoms with Gasteiger partial charge < -0.3 is 14.9 Å². The molecule has 0 aliphatic carbocycles. The first kappa shape index (κ1) is 12.4.